The van der Waals surface area contributed by atoms with E-state index in [-0.39, 0.29) is 28.8 Å². The van der Waals surface area contributed by atoms with E-state index in [0.717, 1.165) is 4.90 Å². The molecule has 2 amide bonds. The molecule has 0 radical (unpaired) electrons. The molecule has 0 spiro atoms. The van der Waals surface area contributed by atoms with Crippen molar-refractivity contribution in [3.63, 3.8) is 0 Å². The van der Waals surface area contributed by atoms with Gasteiger partial charge in [0.15, 0.2) is 0 Å². The van der Waals surface area contributed by atoms with E-state index in [0.29, 0.717) is 11.3 Å². The molecule has 28 heavy (non-hydrogen) atoms. The first-order valence-corrected chi connectivity index (χ1v) is 9.59. The molecule has 150 valence electrons. The van der Waals surface area contributed by atoms with E-state index < -0.39 is 35.2 Å². The number of esters is 1. The zero-order chi connectivity index (χ0) is 20.7. The number of aliphatic carboxylic acids is 1. The number of hydrogen-bond acceptors (Lipinski definition) is 7. The Hall–Kier alpha value is -2.53. The molecule has 2 aliphatic rings. The first kappa shape index (κ1) is 20.2. The highest BCUT2D eigenvalue weighted by Gasteiger charge is 2.54. The minimum Gasteiger partial charge on any atom is -0.477 e. The van der Waals surface area contributed by atoms with Gasteiger partial charge in [-0.3, -0.25) is 24.0 Å². The highest BCUT2D eigenvalue weighted by atomic mass is 35.5. The number of carboxylic acids is 1. The van der Waals surface area contributed by atoms with Gasteiger partial charge in [0.2, 0.25) is 0 Å². The Morgan fingerprint density at radius 2 is 2.11 bits per heavy atom. The van der Waals surface area contributed by atoms with Gasteiger partial charge in [0.25, 0.3) is 11.8 Å². The molecule has 1 fully saturated rings. The number of nitrogens with one attached hydrogen (secondary N) is 1. The van der Waals surface area contributed by atoms with Crippen molar-refractivity contribution in [3.8, 4) is 0 Å². The highest BCUT2D eigenvalue weighted by molar-refractivity contribution is 8.00. The summed E-state index contributed by atoms with van der Waals surface area (Å²) >= 11 is 7.38. The number of thioether (sulfide) groups is 1. The van der Waals surface area contributed by atoms with Gasteiger partial charge in [-0.1, -0.05) is 11.6 Å². The molecule has 0 aliphatic carbocycles. The van der Waals surface area contributed by atoms with Gasteiger partial charge >= 0.3 is 11.9 Å². The second-order valence-electron chi connectivity index (χ2n) is 6.27. The lowest BCUT2D eigenvalue weighted by atomic mass is 10.0. The normalized spacial score (nSPS) is 21.1. The standard InChI is InChI=1S/C16H17ClN4O6S/c1-6-9(17)12(20(3)19-6)13(23)18-10-14(24)21-11(16(25)26)8(4-27-7(2)22)5-28-15(10)21/h10,15H,4-5H2,1-3H3,(H,18,23)(H,25,26)/t10-,15-/m1/s1. The molecule has 0 saturated carbocycles. The summed E-state index contributed by atoms with van der Waals surface area (Å²) < 4.78 is 6.20. The fourth-order valence-electron chi connectivity index (χ4n) is 3.07. The number of nitrogens with zero attached hydrogens (tertiary/aromatic N) is 3. The number of aryl methyl sites for hydroxylation is 2. The van der Waals surface area contributed by atoms with Crippen LogP contribution in [-0.2, 0) is 26.2 Å². The average Bonchev–Trinajstić information content (AvgIpc) is 2.88. The number of carboxylic acid groups (broad SMARTS) is 1. The second kappa shape index (κ2) is 7.47. The Bertz CT molecular complexity index is 926. The molecular formula is C16H17ClN4O6S. The Morgan fingerprint density at radius 1 is 1.43 bits per heavy atom. The van der Waals surface area contributed by atoms with Gasteiger partial charge in [-0.2, -0.15) is 5.10 Å². The molecule has 2 atom stereocenters. The van der Waals surface area contributed by atoms with Crippen molar-refractivity contribution in [1.82, 2.24) is 20.0 Å². The van der Waals surface area contributed by atoms with Crippen molar-refractivity contribution in [2.24, 2.45) is 7.05 Å². The van der Waals surface area contributed by atoms with Crippen LogP contribution in [0.25, 0.3) is 0 Å². The maximum Gasteiger partial charge on any atom is 0.352 e. The largest absolute Gasteiger partial charge is 0.477 e. The number of hydrogen-bond donors (Lipinski definition) is 2. The Morgan fingerprint density at radius 3 is 2.64 bits per heavy atom. The molecule has 0 aromatic carbocycles. The number of halogens is 1. The number of carbonyl (C=O) groups is 4. The van der Waals surface area contributed by atoms with Crippen LogP contribution in [0.4, 0.5) is 0 Å². The number of rotatable bonds is 5. The lowest BCUT2D eigenvalue weighted by Crippen LogP contribution is -2.70. The predicted molar refractivity (Wildman–Crippen MR) is 98.6 cm³/mol. The fourth-order valence-corrected chi connectivity index (χ4v) is 4.64. The van der Waals surface area contributed by atoms with Gasteiger partial charge in [-0.15, -0.1) is 11.8 Å². The van der Waals surface area contributed by atoms with Crippen molar-refractivity contribution < 1.29 is 29.0 Å². The van der Waals surface area contributed by atoms with Crippen molar-refractivity contribution >= 4 is 47.1 Å². The molecule has 2 N–H and O–H groups in total. The third-order valence-electron chi connectivity index (χ3n) is 4.35. The summed E-state index contributed by atoms with van der Waals surface area (Å²) in [6, 6.07) is -0.895. The van der Waals surface area contributed by atoms with Crippen LogP contribution in [0, 0.1) is 6.92 Å². The second-order valence-corrected chi connectivity index (χ2v) is 7.75. The molecule has 1 aromatic rings. The van der Waals surface area contributed by atoms with E-state index in [9.17, 15) is 24.3 Å². The van der Waals surface area contributed by atoms with Crippen LogP contribution in [0.5, 0.6) is 0 Å². The number of amides is 2. The summed E-state index contributed by atoms with van der Waals surface area (Å²) in [7, 11) is 1.56. The highest BCUT2D eigenvalue weighted by Crippen LogP contribution is 2.40. The maximum atomic E-state index is 12.6. The summed E-state index contributed by atoms with van der Waals surface area (Å²) in [4.78, 5) is 48.9. The van der Waals surface area contributed by atoms with E-state index in [1.54, 1.807) is 14.0 Å². The van der Waals surface area contributed by atoms with E-state index in [4.69, 9.17) is 16.3 Å². The lowest BCUT2D eigenvalue weighted by molar-refractivity contribution is -0.149. The fraction of sp³-hybridized carbons (Fsp3) is 0.438. The Kier molecular flexibility index (Phi) is 5.39. The minimum absolute atomic E-state index is 0.121. The summed E-state index contributed by atoms with van der Waals surface area (Å²) in [6.45, 7) is 2.66. The zero-order valence-electron chi connectivity index (χ0n) is 15.2. The number of ether oxygens (including phenoxy) is 1. The van der Waals surface area contributed by atoms with E-state index in [1.807, 2.05) is 0 Å². The first-order valence-electron chi connectivity index (χ1n) is 8.16. The number of aromatic nitrogens is 2. The van der Waals surface area contributed by atoms with Gasteiger partial charge in [0.05, 0.1) is 10.7 Å². The van der Waals surface area contributed by atoms with Crippen LogP contribution < -0.4 is 5.32 Å². The van der Waals surface area contributed by atoms with Crippen molar-refractivity contribution in [2.75, 3.05) is 12.4 Å². The summed E-state index contributed by atoms with van der Waals surface area (Å²) in [5.74, 6) is -2.72. The smallest absolute Gasteiger partial charge is 0.352 e. The quantitative estimate of drug-likeness (QED) is 0.505. The lowest BCUT2D eigenvalue weighted by Gasteiger charge is -2.49. The van der Waals surface area contributed by atoms with Crippen molar-refractivity contribution in [1.29, 1.82) is 0 Å². The van der Waals surface area contributed by atoms with Crippen LogP contribution in [0.2, 0.25) is 5.02 Å². The number of carbonyl (C=O) groups excluding carboxylic acids is 3. The minimum atomic E-state index is -1.30. The molecule has 12 heteroatoms. The Balaban J connectivity index is 1.79. The van der Waals surface area contributed by atoms with Crippen LogP contribution in [0.1, 0.15) is 23.1 Å². The van der Waals surface area contributed by atoms with E-state index in [1.165, 1.54) is 23.4 Å². The predicted octanol–water partition coefficient (Wildman–Crippen LogP) is 0.297. The average molecular weight is 429 g/mol. The molecule has 1 saturated heterocycles. The topological polar surface area (TPSA) is 131 Å². The molecule has 0 bridgehead atoms. The van der Waals surface area contributed by atoms with Gasteiger partial charge < -0.3 is 15.2 Å². The summed E-state index contributed by atoms with van der Waals surface area (Å²) in [5, 5.41) is 15.8. The molecule has 1 aromatic heterocycles. The van der Waals surface area contributed by atoms with Crippen LogP contribution in [0.15, 0.2) is 11.3 Å². The van der Waals surface area contributed by atoms with E-state index >= 15 is 0 Å². The van der Waals surface area contributed by atoms with Crippen LogP contribution in [-0.4, -0.2) is 67.3 Å². The number of fused-ring (bicyclic) bond motifs is 1. The van der Waals surface area contributed by atoms with Crippen LogP contribution >= 0.6 is 23.4 Å². The molecule has 10 nitrogen and oxygen atoms in total. The van der Waals surface area contributed by atoms with E-state index in [2.05, 4.69) is 10.4 Å². The molecule has 3 rings (SSSR count). The van der Waals surface area contributed by atoms with Crippen LogP contribution in [0.3, 0.4) is 0 Å². The monoisotopic (exact) mass is 428 g/mol. The SMILES string of the molecule is CC(=O)OCC1=C(C(=O)O)N2C(=O)[C@@H](NC(=O)c3c(Cl)c(C)nn3C)[C@H]2SC1. The third kappa shape index (κ3) is 3.35. The first-order chi connectivity index (χ1) is 13.1. The summed E-state index contributed by atoms with van der Waals surface area (Å²) in [5.41, 5.74) is 0.715. The molecule has 3 heterocycles. The zero-order valence-corrected chi connectivity index (χ0v) is 16.8. The van der Waals surface area contributed by atoms with Gasteiger partial charge in [-0.25, -0.2) is 4.79 Å². The van der Waals surface area contributed by atoms with Crippen molar-refractivity contribution in [2.45, 2.75) is 25.3 Å². The maximum absolute atomic E-state index is 12.6. The molecule has 2 aliphatic heterocycles. The number of β-lactam (4-membered cyclic amide) rings is 1. The van der Waals surface area contributed by atoms with Gasteiger partial charge in [-0.05, 0) is 6.92 Å². The van der Waals surface area contributed by atoms with Crippen molar-refractivity contribution in [3.05, 3.63) is 27.7 Å². The molecule has 0 unspecified atom stereocenters. The Labute approximate surface area is 168 Å². The van der Waals surface area contributed by atoms with Gasteiger partial charge in [0, 0.05) is 25.3 Å². The summed E-state index contributed by atoms with van der Waals surface area (Å²) in [6.07, 6.45) is 0. The molecular weight excluding hydrogens is 412 g/mol. The van der Waals surface area contributed by atoms with Gasteiger partial charge in [0.1, 0.15) is 29.4 Å². The third-order valence-corrected chi connectivity index (χ3v) is 6.14.